The molecule has 0 atom stereocenters. The van der Waals surface area contributed by atoms with Crippen molar-refractivity contribution < 1.29 is 13.5 Å². The van der Waals surface area contributed by atoms with Gasteiger partial charge in [0.1, 0.15) is 11.6 Å². The molecule has 0 bridgehead atoms. The molecule has 0 unspecified atom stereocenters. The van der Waals surface area contributed by atoms with Crippen LogP contribution in [-0.4, -0.2) is 12.1 Å². The minimum Gasteiger partial charge on any atom is -0.481 e. The molecular weight excluding hydrogens is 330 g/mol. The normalized spacial score (nSPS) is 10.6. The molecule has 0 saturated carbocycles. The second-order valence-corrected chi connectivity index (χ2v) is 4.95. The Bertz CT molecular complexity index is 608. The lowest BCUT2D eigenvalue weighted by molar-refractivity contribution is 0.390. The lowest BCUT2D eigenvalue weighted by Gasteiger charge is -2.10. The Morgan fingerprint density at radius 1 is 1.25 bits per heavy atom. The summed E-state index contributed by atoms with van der Waals surface area (Å²) in [4.78, 5) is 4.05. The predicted octanol–water partition coefficient (Wildman–Crippen LogP) is 3.42. The van der Waals surface area contributed by atoms with Crippen molar-refractivity contribution in [1.29, 1.82) is 0 Å². The molecule has 6 heteroatoms. The van der Waals surface area contributed by atoms with Crippen LogP contribution in [0.1, 0.15) is 11.1 Å². The van der Waals surface area contributed by atoms with Crippen LogP contribution < -0.4 is 10.1 Å². The zero-order valence-corrected chi connectivity index (χ0v) is 12.4. The first-order valence-corrected chi connectivity index (χ1v) is 6.73. The minimum atomic E-state index is -0.587. The molecule has 0 aliphatic heterocycles. The van der Waals surface area contributed by atoms with E-state index in [2.05, 4.69) is 26.2 Å². The summed E-state index contributed by atoms with van der Waals surface area (Å²) >= 11 is 3.04. The third kappa shape index (κ3) is 3.32. The molecule has 0 aliphatic rings. The largest absolute Gasteiger partial charge is 0.481 e. The van der Waals surface area contributed by atoms with Crippen LogP contribution in [0.15, 0.2) is 34.9 Å². The van der Waals surface area contributed by atoms with E-state index in [0.717, 1.165) is 5.56 Å². The quantitative estimate of drug-likeness (QED) is 0.845. The Hall–Kier alpha value is -1.53. The molecule has 0 radical (unpaired) electrons. The summed E-state index contributed by atoms with van der Waals surface area (Å²) in [7, 11) is 1.53. The Kier molecular flexibility index (Phi) is 5.03. The molecule has 0 aliphatic carbocycles. The van der Waals surface area contributed by atoms with Crippen LogP contribution >= 0.6 is 15.9 Å². The highest BCUT2D eigenvalue weighted by molar-refractivity contribution is 9.10. The van der Waals surface area contributed by atoms with Crippen molar-refractivity contribution in [3.63, 3.8) is 0 Å². The molecule has 0 fully saturated rings. The first kappa shape index (κ1) is 14.9. The number of halogens is 3. The van der Waals surface area contributed by atoms with Gasteiger partial charge < -0.3 is 10.1 Å². The van der Waals surface area contributed by atoms with Gasteiger partial charge in [0.05, 0.1) is 11.6 Å². The van der Waals surface area contributed by atoms with Gasteiger partial charge in [-0.1, -0.05) is 6.07 Å². The van der Waals surface area contributed by atoms with Crippen LogP contribution in [0.4, 0.5) is 8.78 Å². The van der Waals surface area contributed by atoms with Crippen molar-refractivity contribution in [3.8, 4) is 5.88 Å². The number of nitrogens with zero attached hydrogens (tertiary/aromatic N) is 1. The lowest BCUT2D eigenvalue weighted by Crippen LogP contribution is -2.16. The second-order valence-electron chi connectivity index (χ2n) is 4.10. The fraction of sp³-hybridized carbons (Fsp3) is 0.214. The highest BCUT2D eigenvalue weighted by Gasteiger charge is 2.12. The number of pyridine rings is 1. The summed E-state index contributed by atoms with van der Waals surface area (Å²) in [5.41, 5.74) is 0.827. The van der Waals surface area contributed by atoms with Crippen LogP contribution in [0.2, 0.25) is 0 Å². The fourth-order valence-electron chi connectivity index (χ4n) is 1.80. The average molecular weight is 343 g/mol. The fourth-order valence-corrected chi connectivity index (χ4v) is 2.17. The van der Waals surface area contributed by atoms with Crippen molar-refractivity contribution in [2.45, 2.75) is 13.1 Å². The summed E-state index contributed by atoms with van der Waals surface area (Å²) in [5, 5.41) is 2.98. The highest BCUT2D eigenvalue weighted by atomic mass is 79.9. The average Bonchev–Trinajstić information content (AvgIpc) is 2.47. The number of rotatable bonds is 5. The first-order valence-electron chi connectivity index (χ1n) is 5.94. The van der Waals surface area contributed by atoms with Gasteiger partial charge in [0.2, 0.25) is 5.88 Å². The molecule has 1 aromatic carbocycles. The second kappa shape index (κ2) is 6.76. The summed E-state index contributed by atoms with van der Waals surface area (Å²) in [6.45, 7) is 0.484. The summed E-state index contributed by atoms with van der Waals surface area (Å²) in [5.74, 6) is -0.665. The SMILES string of the molecule is COc1ncccc1CNCc1c(F)ccc(Br)c1F. The number of hydrogen-bond acceptors (Lipinski definition) is 3. The van der Waals surface area contributed by atoms with Crippen LogP contribution in [0.25, 0.3) is 0 Å². The first-order chi connectivity index (χ1) is 9.63. The molecule has 0 spiro atoms. The number of benzene rings is 1. The molecule has 20 heavy (non-hydrogen) atoms. The molecular formula is C14H13BrF2N2O. The zero-order chi connectivity index (χ0) is 14.5. The van der Waals surface area contributed by atoms with E-state index >= 15 is 0 Å². The van der Waals surface area contributed by atoms with Crippen LogP contribution in [0.5, 0.6) is 5.88 Å². The number of nitrogens with one attached hydrogen (secondary N) is 1. The zero-order valence-electron chi connectivity index (χ0n) is 10.8. The van der Waals surface area contributed by atoms with Gasteiger partial charge in [-0.15, -0.1) is 0 Å². The predicted molar refractivity (Wildman–Crippen MR) is 75.4 cm³/mol. The topological polar surface area (TPSA) is 34.1 Å². The van der Waals surface area contributed by atoms with E-state index in [4.69, 9.17) is 4.74 Å². The van der Waals surface area contributed by atoms with Crippen molar-refractivity contribution in [1.82, 2.24) is 10.3 Å². The minimum absolute atomic E-state index is 0.00207. The van der Waals surface area contributed by atoms with Crippen molar-refractivity contribution >= 4 is 15.9 Å². The van der Waals surface area contributed by atoms with E-state index in [1.54, 1.807) is 12.3 Å². The van der Waals surface area contributed by atoms with E-state index < -0.39 is 11.6 Å². The standard InChI is InChI=1S/C14H13BrF2N2O/c1-20-14-9(3-2-6-19-14)7-18-8-10-12(16)5-4-11(15)13(10)17/h2-6,18H,7-8H2,1H3. The van der Waals surface area contributed by atoms with Crippen LogP contribution in [0.3, 0.4) is 0 Å². The van der Waals surface area contributed by atoms with Gasteiger partial charge in [0.25, 0.3) is 0 Å². The molecule has 106 valence electrons. The van der Waals surface area contributed by atoms with Crippen LogP contribution in [-0.2, 0) is 13.1 Å². The Morgan fingerprint density at radius 3 is 2.80 bits per heavy atom. The molecule has 1 heterocycles. The van der Waals surface area contributed by atoms with E-state index in [1.165, 1.54) is 19.2 Å². The molecule has 0 saturated heterocycles. The molecule has 2 rings (SSSR count). The highest BCUT2D eigenvalue weighted by Crippen LogP contribution is 2.21. The maximum Gasteiger partial charge on any atom is 0.217 e. The Balaban J connectivity index is 2.05. The monoisotopic (exact) mass is 342 g/mol. The molecule has 2 aromatic rings. The number of ether oxygens (including phenoxy) is 1. The summed E-state index contributed by atoms with van der Waals surface area (Å²) in [6.07, 6.45) is 1.62. The van der Waals surface area contributed by atoms with Crippen molar-refractivity contribution in [2.75, 3.05) is 7.11 Å². The number of methoxy groups -OCH3 is 1. The van der Waals surface area contributed by atoms with Gasteiger partial charge in [0.15, 0.2) is 0 Å². The van der Waals surface area contributed by atoms with Gasteiger partial charge in [-0.2, -0.15) is 0 Å². The van der Waals surface area contributed by atoms with Crippen molar-refractivity contribution in [2.24, 2.45) is 0 Å². The van der Waals surface area contributed by atoms with Gasteiger partial charge in [-0.3, -0.25) is 0 Å². The third-order valence-electron chi connectivity index (χ3n) is 2.80. The number of hydrogen-bond donors (Lipinski definition) is 1. The van der Waals surface area contributed by atoms with Crippen LogP contribution in [0, 0.1) is 11.6 Å². The third-order valence-corrected chi connectivity index (χ3v) is 3.41. The number of aromatic nitrogens is 1. The summed E-state index contributed by atoms with van der Waals surface area (Å²) < 4.78 is 32.7. The van der Waals surface area contributed by atoms with Gasteiger partial charge in [0, 0.05) is 30.4 Å². The van der Waals surface area contributed by atoms with E-state index in [-0.39, 0.29) is 16.6 Å². The van der Waals surface area contributed by atoms with Gasteiger partial charge in [-0.05, 0) is 34.1 Å². The van der Waals surface area contributed by atoms with E-state index in [1.807, 2.05) is 6.07 Å². The summed E-state index contributed by atoms with van der Waals surface area (Å²) in [6, 6.07) is 6.19. The Morgan fingerprint density at radius 2 is 2.05 bits per heavy atom. The van der Waals surface area contributed by atoms with Gasteiger partial charge >= 0.3 is 0 Å². The van der Waals surface area contributed by atoms with E-state index in [9.17, 15) is 8.78 Å². The molecule has 3 nitrogen and oxygen atoms in total. The molecule has 0 amide bonds. The maximum atomic E-state index is 13.8. The molecule has 1 aromatic heterocycles. The Labute approximate surface area is 124 Å². The molecule has 1 N–H and O–H groups in total. The van der Waals surface area contributed by atoms with E-state index in [0.29, 0.717) is 12.4 Å². The smallest absolute Gasteiger partial charge is 0.217 e. The van der Waals surface area contributed by atoms with Gasteiger partial charge in [-0.25, -0.2) is 13.8 Å². The van der Waals surface area contributed by atoms with Crippen molar-refractivity contribution in [3.05, 3.63) is 57.7 Å². The maximum absolute atomic E-state index is 13.8. The lowest BCUT2D eigenvalue weighted by atomic mass is 10.2.